The van der Waals surface area contributed by atoms with E-state index in [0.29, 0.717) is 18.6 Å². The highest BCUT2D eigenvalue weighted by Crippen LogP contribution is 2.37. The number of unbranched alkanes of at least 4 members (excludes halogenated alkanes) is 1. The molecular weight excluding hydrogens is 469 g/mol. The van der Waals surface area contributed by atoms with Crippen LogP contribution in [0.25, 0.3) is 0 Å². The van der Waals surface area contributed by atoms with Gasteiger partial charge in [0.1, 0.15) is 11.4 Å². The lowest BCUT2D eigenvalue weighted by Gasteiger charge is -2.29. The van der Waals surface area contributed by atoms with Gasteiger partial charge in [-0.25, -0.2) is 4.79 Å². The second-order valence-corrected chi connectivity index (χ2v) is 11.3. The topological polar surface area (TPSA) is 126 Å². The van der Waals surface area contributed by atoms with Crippen LogP contribution in [0.4, 0.5) is 4.79 Å². The first-order chi connectivity index (χ1) is 16.2. The highest BCUT2D eigenvalue weighted by Gasteiger charge is 2.28. The Hall–Kier alpha value is -2.67. The molecule has 0 bridgehead atoms. The number of nitrogens with one attached hydrogen (secondary N) is 1. The molecule has 9 heteroatoms. The van der Waals surface area contributed by atoms with Gasteiger partial charge in [-0.15, -0.1) is 0 Å². The van der Waals surface area contributed by atoms with Crippen molar-refractivity contribution in [3.8, 4) is 0 Å². The number of amides is 1. The van der Waals surface area contributed by atoms with Crippen LogP contribution in [0.5, 0.6) is 0 Å². The van der Waals surface area contributed by atoms with Gasteiger partial charge in [0, 0.05) is 18.7 Å². The van der Waals surface area contributed by atoms with Gasteiger partial charge in [-0.1, -0.05) is 36.4 Å². The van der Waals surface area contributed by atoms with Crippen LogP contribution in [-0.2, 0) is 22.1 Å². The van der Waals surface area contributed by atoms with E-state index < -0.39 is 24.8 Å². The highest BCUT2D eigenvalue weighted by molar-refractivity contribution is 7.55. The van der Waals surface area contributed by atoms with Crippen molar-refractivity contribution in [2.24, 2.45) is 0 Å². The van der Waals surface area contributed by atoms with E-state index >= 15 is 0 Å². The van der Waals surface area contributed by atoms with Crippen molar-refractivity contribution in [2.45, 2.75) is 77.4 Å². The minimum absolute atomic E-state index is 0.0691. The van der Waals surface area contributed by atoms with Crippen LogP contribution in [-0.4, -0.2) is 32.8 Å². The van der Waals surface area contributed by atoms with E-state index in [1.165, 1.54) is 11.6 Å². The number of hydrogen-bond acceptors (Lipinski definition) is 5. The standard InChI is InChI=1S/C26H36NO7P/c1-25(2,3)34-24(29)27-26(4,18-19-35(30,31)32)17-16-21-14-15-23(33-21)22(28)13-9-8-12-20-10-6-5-7-11-20/h5-7,10-11,14-15,18-19H,8-9,12-13,16-17H2,1-4H3,(H,27,29)(H2,30,31,32)/b19-18+/t26-/m1/s1. The summed E-state index contributed by atoms with van der Waals surface area (Å²) >= 11 is 0. The van der Waals surface area contributed by atoms with Crippen molar-refractivity contribution >= 4 is 19.5 Å². The average Bonchev–Trinajstić information content (AvgIpc) is 3.22. The van der Waals surface area contributed by atoms with Gasteiger partial charge in [-0.3, -0.25) is 9.36 Å². The summed E-state index contributed by atoms with van der Waals surface area (Å²) in [7, 11) is -4.43. The molecule has 0 saturated carbocycles. The highest BCUT2D eigenvalue weighted by atomic mass is 31.2. The fourth-order valence-electron chi connectivity index (χ4n) is 3.41. The summed E-state index contributed by atoms with van der Waals surface area (Å²) in [6, 6.07) is 13.5. The number of aryl methyl sites for hydroxylation is 2. The van der Waals surface area contributed by atoms with Gasteiger partial charge >= 0.3 is 13.7 Å². The van der Waals surface area contributed by atoms with Crippen LogP contribution < -0.4 is 5.32 Å². The zero-order valence-electron chi connectivity index (χ0n) is 20.8. The van der Waals surface area contributed by atoms with Crippen LogP contribution in [0.1, 0.15) is 75.3 Å². The maximum absolute atomic E-state index is 12.5. The molecule has 2 aromatic rings. The lowest BCUT2D eigenvalue weighted by molar-refractivity contribution is 0.0480. The zero-order valence-corrected chi connectivity index (χ0v) is 21.7. The van der Waals surface area contributed by atoms with Crippen molar-refractivity contribution in [2.75, 3.05) is 0 Å². The molecule has 2 rings (SSSR count). The largest absolute Gasteiger partial charge is 0.458 e. The van der Waals surface area contributed by atoms with E-state index in [1.807, 2.05) is 18.2 Å². The first-order valence-corrected chi connectivity index (χ1v) is 13.4. The van der Waals surface area contributed by atoms with E-state index in [-0.39, 0.29) is 18.0 Å². The van der Waals surface area contributed by atoms with Gasteiger partial charge in [-0.2, -0.15) is 0 Å². The number of carbonyl (C=O) groups is 2. The second-order valence-electron chi connectivity index (χ2n) is 9.83. The van der Waals surface area contributed by atoms with Gasteiger partial charge in [0.25, 0.3) is 0 Å². The van der Waals surface area contributed by atoms with E-state index in [4.69, 9.17) is 9.15 Å². The summed E-state index contributed by atoms with van der Waals surface area (Å²) in [6.07, 6.45) is 4.13. The Balaban J connectivity index is 1.94. The van der Waals surface area contributed by atoms with E-state index in [9.17, 15) is 23.9 Å². The molecule has 3 N–H and O–H groups in total. The number of furan rings is 1. The molecule has 1 aromatic carbocycles. The van der Waals surface area contributed by atoms with Crippen LogP contribution in [0.15, 0.2) is 58.8 Å². The molecule has 0 aliphatic heterocycles. The number of ketones is 1. The van der Waals surface area contributed by atoms with Gasteiger partial charge in [-0.05, 0) is 71.1 Å². The minimum Gasteiger partial charge on any atom is -0.458 e. The van der Waals surface area contributed by atoms with Gasteiger partial charge in [0.2, 0.25) is 0 Å². The van der Waals surface area contributed by atoms with Crippen LogP contribution >= 0.6 is 7.60 Å². The quantitative estimate of drug-likeness (QED) is 0.190. The zero-order chi connectivity index (χ0) is 26.1. The summed E-state index contributed by atoms with van der Waals surface area (Å²) in [5.41, 5.74) is -0.594. The van der Waals surface area contributed by atoms with E-state index in [2.05, 4.69) is 17.4 Å². The Morgan fingerprint density at radius 3 is 2.34 bits per heavy atom. The molecule has 192 valence electrons. The molecule has 0 radical (unpaired) electrons. The van der Waals surface area contributed by atoms with Crippen LogP contribution in [0.3, 0.4) is 0 Å². The van der Waals surface area contributed by atoms with Crippen molar-refractivity contribution in [3.63, 3.8) is 0 Å². The molecule has 35 heavy (non-hydrogen) atoms. The molecule has 0 aliphatic carbocycles. The third-order valence-corrected chi connectivity index (χ3v) is 5.75. The van der Waals surface area contributed by atoms with Crippen LogP contribution in [0, 0.1) is 0 Å². The predicted molar refractivity (Wildman–Crippen MR) is 134 cm³/mol. The summed E-state index contributed by atoms with van der Waals surface area (Å²) < 4.78 is 22.3. The smallest absolute Gasteiger partial charge is 0.408 e. The van der Waals surface area contributed by atoms with E-state index in [1.54, 1.807) is 39.8 Å². The summed E-state index contributed by atoms with van der Waals surface area (Å²) in [6.45, 7) is 6.79. The Bertz CT molecular complexity index is 1050. The molecule has 8 nitrogen and oxygen atoms in total. The molecule has 0 unspecified atom stereocenters. The maximum Gasteiger partial charge on any atom is 0.408 e. The molecule has 0 fully saturated rings. The molecular formula is C26H36NO7P. The SMILES string of the molecule is CC(C)(C)OC(=O)N[C@@](C)(/C=C/P(=O)(O)O)CCc1ccc(C(=O)CCCCc2ccccc2)o1. The number of ether oxygens (including phenoxy) is 1. The first kappa shape index (κ1) is 28.6. The lowest BCUT2D eigenvalue weighted by atomic mass is 9.95. The molecule has 0 aliphatic rings. The predicted octanol–water partition coefficient (Wildman–Crippen LogP) is 5.78. The molecule has 0 saturated heterocycles. The second kappa shape index (κ2) is 12.3. The first-order valence-electron chi connectivity index (χ1n) is 11.7. The average molecular weight is 506 g/mol. The molecule has 0 spiro atoms. The maximum atomic E-state index is 12.5. The Morgan fingerprint density at radius 1 is 1.03 bits per heavy atom. The van der Waals surface area contributed by atoms with Crippen LogP contribution in [0.2, 0.25) is 0 Å². The third kappa shape index (κ3) is 11.5. The number of Topliss-reactive ketones (excluding diaryl/α,β-unsaturated/α-hetero) is 1. The number of benzene rings is 1. The Labute approximate surface area is 206 Å². The van der Waals surface area contributed by atoms with Crippen molar-refractivity contribution in [3.05, 3.63) is 71.4 Å². The number of alkyl carbamates (subject to hydrolysis) is 1. The number of rotatable bonds is 12. The normalized spacial score (nSPS) is 14.0. The molecule has 1 amide bonds. The molecule has 1 heterocycles. The van der Waals surface area contributed by atoms with Crippen molar-refractivity contribution < 1.29 is 33.1 Å². The fourth-order valence-corrected chi connectivity index (χ4v) is 3.94. The Kier molecular flexibility index (Phi) is 10.1. The van der Waals surface area contributed by atoms with Gasteiger partial charge in [0.05, 0.1) is 5.54 Å². The summed E-state index contributed by atoms with van der Waals surface area (Å²) in [5.74, 6) is 1.52. The van der Waals surface area contributed by atoms with Crippen molar-refractivity contribution in [1.29, 1.82) is 0 Å². The number of carbonyl (C=O) groups excluding carboxylic acids is 2. The summed E-state index contributed by atoms with van der Waals surface area (Å²) in [4.78, 5) is 43.2. The minimum atomic E-state index is -4.43. The fraction of sp³-hybridized carbons (Fsp3) is 0.462. The summed E-state index contributed by atoms with van der Waals surface area (Å²) in [5, 5.41) is 2.67. The van der Waals surface area contributed by atoms with Crippen molar-refractivity contribution in [1.82, 2.24) is 5.32 Å². The molecule has 1 aromatic heterocycles. The molecule has 1 atom stereocenters. The number of hydrogen-bond donors (Lipinski definition) is 3. The third-order valence-electron chi connectivity index (χ3n) is 5.21. The monoisotopic (exact) mass is 505 g/mol. The van der Waals surface area contributed by atoms with E-state index in [0.717, 1.165) is 25.1 Å². The van der Waals surface area contributed by atoms with Gasteiger partial charge < -0.3 is 24.3 Å². The van der Waals surface area contributed by atoms with Gasteiger partial charge in [0.15, 0.2) is 11.5 Å². The lowest BCUT2D eigenvalue weighted by Crippen LogP contribution is -2.47. The Morgan fingerprint density at radius 2 is 1.71 bits per heavy atom.